The van der Waals surface area contributed by atoms with Crippen molar-refractivity contribution in [3.63, 3.8) is 0 Å². The summed E-state index contributed by atoms with van der Waals surface area (Å²) < 4.78 is 6.05. The number of ether oxygens (including phenoxy) is 1. The lowest BCUT2D eigenvalue weighted by Gasteiger charge is -2.36. The summed E-state index contributed by atoms with van der Waals surface area (Å²) in [6, 6.07) is 6.46. The molecule has 0 aromatic heterocycles. The molecule has 3 unspecified atom stereocenters. The lowest BCUT2D eigenvalue weighted by Crippen LogP contribution is -2.59. The SMILES string of the molecule is CCNC(=O)C(C(C)O)N(C)C(=O)C(NCCOc1ccccc1CCCNC=O)C1CCCCC1. The first kappa shape index (κ1) is 29.6. The molecule has 9 nitrogen and oxygen atoms in total. The summed E-state index contributed by atoms with van der Waals surface area (Å²) in [5, 5.41) is 19.1. The fourth-order valence-corrected chi connectivity index (χ4v) is 4.94. The van der Waals surface area contributed by atoms with Crippen LogP contribution >= 0.6 is 0 Å². The lowest BCUT2D eigenvalue weighted by molar-refractivity contribution is -0.145. The van der Waals surface area contributed by atoms with Gasteiger partial charge in [0, 0.05) is 26.7 Å². The molecule has 4 N–H and O–H groups in total. The number of nitrogens with one attached hydrogen (secondary N) is 3. The molecule has 1 aromatic rings. The normalized spacial score (nSPS) is 16.4. The van der Waals surface area contributed by atoms with Gasteiger partial charge in [0.25, 0.3) is 0 Å². The summed E-state index contributed by atoms with van der Waals surface area (Å²) in [4.78, 5) is 38.0. The smallest absolute Gasteiger partial charge is 0.245 e. The zero-order chi connectivity index (χ0) is 26.3. The monoisotopic (exact) mass is 504 g/mol. The number of nitrogens with zero attached hydrogens (tertiary/aromatic N) is 1. The summed E-state index contributed by atoms with van der Waals surface area (Å²) >= 11 is 0. The van der Waals surface area contributed by atoms with Gasteiger partial charge in [-0.05, 0) is 57.1 Å². The molecule has 0 radical (unpaired) electrons. The van der Waals surface area contributed by atoms with Crippen molar-refractivity contribution in [1.29, 1.82) is 0 Å². The van der Waals surface area contributed by atoms with Gasteiger partial charge in [-0.25, -0.2) is 0 Å². The molecule has 0 spiro atoms. The molecule has 3 amide bonds. The summed E-state index contributed by atoms with van der Waals surface area (Å²) in [5.41, 5.74) is 1.08. The highest BCUT2D eigenvalue weighted by molar-refractivity contribution is 5.90. The van der Waals surface area contributed by atoms with Crippen molar-refractivity contribution >= 4 is 18.2 Å². The minimum Gasteiger partial charge on any atom is -0.492 e. The van der Waals surface area contributed by atoms with Crippen LogP contribution < -0.4 is 20.7 Å². The highest BCUT2D eigenvalue weighted by atomic mass is 16.5. The number of aliphatic hydroxyl groups is 1. The number of aryl methyl sites for hydroxylation is 1. The number of amides is 3. The van der Waals surface area contributed by atoms with Crippen LogP contribution in [0.4, 0.5) is 0 Å². The van der Waals surface area contributed by atoms with Crippen molar-refractivity contribution in [2.24, 2.45) is 5.92 Å². The van der Waals surface area contributed by atoms with E-state index in [4.69, 9.17) is 4.74 Å². The first-order valence-corrected chi connectivity index (χ1v) is 13.2. The lowest BCUT2D eigenvalue weighted by atomic mass is 9.83. The van der Waals surface area contributed by atoms with E-state index in [9.17, 15) is 19.5 Å². The molecule has 3 atom stereocenters. The maximum absolute atomic E-state index is 13.6. The Hall–Kier alpha value is -2.65. The number of hydrogen-bond donors (Lipinski definition) is 4. The van der Waals surface area contributed by atoms with E-state index < -0.39 is 18.2 Å². The fourth-order valence-electron chi connectivity index (χ4n) is 4.94. The number of benzene rings is 1. The van der Waals surface area contributed by atoms with Crippen LogP contribution in [0, 0.1) is 5.92 Å². The maximum Gasteiger partial charge on any atom is 0.245 e. The standard InChI is InChI=1S/C27H44N4O5/c1-4-29-26(34)25(20(2)33)31(3)27(35)24(22-12-6-5-7-13-22)30-17-18-36-23-15-9-8-11-21(23)14-10-16-28-19-32/h8-9,11,15,19-20,22,24-25,30,33H,4-7,10,12-14,16-18H2,1-3H3,(H,28,32)(H,29,34). The molecule has 0 saturated heterocycles. The van der Waals surface area contributed by atoms with Gasteiger partial charge in [-0.1, -0.05) is 37.5 Å². The Bertz CT molecular complexity index is 813. The Morgan fingerprint density at radius 1 is 1.19 bits per heavy atom. The predicted molar refractivity (Wildman–Crippen MR) is 140 cm³/mol. The van der Waals surface area contributed by atoms with Gasteiger partial charge in [0.05, 0.1) is 12.1 Å². The van der Waals surface area contributed by atoms with Gasteiger partial charge in [-0.2, -0.15) is 0 Å². The second kappa shape index (κ2) is 16.2. The Morgan fingerprint density at radius 3 is 2.58 bits per heavy atom. The van der Waals surface area contributed by atoms with Crippen LogP contribution in [-0.4, -0.2) is 79.7 Å². The molecule has 36 heavy (non-hydrogen) atoms. The van der Waals surface area contributed by atoms with E-state index in [0.29, 0.717) is 32.7 Å². The van der Waals surface area contributed by atoms with Crippen LogP contribution in [0.15, 0.2) is 24.3 Å². The first-order valence-electron chi connectivity index (χ1n) is 13.2. The highest BCUT2D eigenvalue weighted by Crippen LogP contribution is 2.28. The molecular weight excluding hydrogens is 460 g/mol. The van der Waals surface area contributed by atoms with Gasteiger partial charge in [0.15, 0.2) is 0 Å². The van der Waals surface area contributed by atoms with Crippen LogP contribution in [0.2, 0.25) is 0 Å². The number of aliphatic hydroxyl groups excluding tert-OH is 1. The molecular formula is C27H44N4O5. The summed E-state index contributed by atoms with van der Waals surface area (Å²) in [6.07, 6.45) is 6.57. The molecule has 1 saturated carbocycles. The van der Waals surface area contributed by atoms with E-state index in [1.165, 1.54) is 18.2 Å². The van der Waals surface area contributed by atoms with Crippen molar-refractivity contribution in [1.82, 2.24) is 20.9 Å². The van der Waals surface area contributed by atoms with E-state index in [-0.39, 0.29) is 17.7 Å². The molecule has 1 fully saturated rings. The van der Waals surface area contributed by atoms with Gasteiger partial charge >= 0.3 is 0 Å². The summed E-state index contributed by atoms with van der Waals surface area (Å²) in [5.74, 6) is 0.444. The Balaban J connectivity index is 2.02. The van der Waals surface area contributed by atoms with Crippen molar-refractivity contribution in [3.8, 4) is 5.75 Å². The van der Waals surface area contributed by atoms with E-state index in [2.05, 4.69) is 16.0 Å². The van der Waals surface area contributed by atoms with Gasteiger partial charge in [0.1, 0.15) is 18.4 Å². The van der Waals surface area contributed by atoms with Crippen LogP contribution in [0.5, 0.6) is 5.75 Å². The average molecular weight is 505 g/mol. The fraction of sp³-hybridized carbons (Fsp3) is 0.667. The molecule has 2 rings (SSSR count). The van der Waals surface area contributed by atoms with Gasteiger partial charge < -0.3 is 30.7 Å². The Morgan fingerprint density at radius 2 is 1.92 bits per heavy atom. The van der Waals surface area contributed by atoms with E-state index in [0.717, 1.165) is 49.8 Å². The molecule has 0 bridgehead atoms. The number of likely N-dealkylation sites (N-methyl/N-ethyl adjacent to an activating group) is 2. The maximum atomic E-state index is 13.6. The van der Waals surface area contributed by atoms with Gasteiger partial charge in [-0.3, -0.25) is 14.4 Å². The number of carbonyl (C=O) groups excluding carboxylic acids is 3. The molecule has 9 heteroatoms. The van der Waals surface area contributed by atoms with Crippen LogP contribution in [0.1, 0.15) is 57.9 Å². The number of hydrogen-bond acceptors (Lipinski definition) is 6. The summed E-state index contributed by atoms with van der Waals surface area (Å²) in [6.45, 7) is 5.25. The third kappa shape index (κ3) is 9.09. The predicted octanol–water partition coefficient (Wildman–Crippen LogP) is 1.63. The van der Waals surface area contributed by atoms with Crippen LogP contribution in [0.25, 0.3) is 0 Å². The van der Waals surface area contributed by atoms with Crippen molar-refractivity contribution in [2.45, 2.75) is 77.0 Å². The number of para-hydroxylation sites is 1. The molecule has 1 aliphatic rings. The van der Waals surface area contributed by atoms with Crippen LogP contribution in [-0.2, 0) is 20.8 Å². The Kier molecular flexibility index (Phi) is 13.3. The average Bonchev–Trinajstić information content (AvgIpc) is 2.87. The number of rotatable bonds is 16. The number of carbonyl (C=O) groups is 3. The van der Waals surface area contributed by atoms with Gasteiger partial charge in [0.2, 0.25) is 18.2 Å². The largest absolute Gasteiger partial charge is 0.492 e. The second-order valence-corrected chi connectivity index (χ2v) is 9.49. The zero-order valence-electron chi connectivity index (χ0n) is 22.0. The molecule has 202 valence electrons. The van der Waals surface area contributed by atoms with E-state index >= 15 is 0 Å². The molecule has 0 aliphatic heterocycles. The van der Waals surface area contributed by atoms with Crippen LogP contribution in [0.3, 0.4) is 0 Å². The highest BCUT2D eigenvalue weighted by Gasteiger charge is 2.37. The molecule has 1 aromatic carbocycles. The van der Waals surface area contributed by atoms with Gasteiger partial charge in [-0.15, -0.1) is 0 Å². The zero-order valence-corrected chi connectivity index (χ0v) is 22.0. The quantitative estimate of drug-likeness (QED) is 0.201. The second-order valence-electron chi connectivity index (χ2n) is 9.49. The minimum absolute atomic E-state index is 0.176. The van der Waals surface area contributed by atoms with E-state index in [1.54, 1.807) is 7.05 Å². The summed E-state index contributed by atoms with van der Waals surface area (Å²) in [7, 11) is 1.60. The topological polar surface area (TPSA) is 120 Å². The molecule has 1 aliphatic carbocycles. The first-order chi connectivity index (χ1) is 17.4. The van der Waals surface area contributed by atoms with E-state index in [1.807, 2.05) is 31.2 Å². The third-order valence-electron chi connectivity index (χ3n) is 6.78. The Labute approximate surface area is 215 Å². The van der Waals surface area contributed by atoms with Crippen molar-refractivity contribution < 1.29 is 24.2 Å². The van der Waals surface area contributed by atoms with Crippen molar-refractivity contribution in [3.05, 3.63) is 29.8 Å². The van der Waals surface area contributed by atoms with Crippen molar-refractivity contribution in [2.75, 3.05) is 33.3 Å². The molecule has 0 heterocycles. The third-order valence-corrected chi connectivity index (χ3v) is 6.78. The minimum atomic E-state index is -0.987.